The highest BCUT2D eigenvalue weighted by atomic mass is 16.3. The second-order valence-corrected chi connectivity index (χ2v) is 6.20. The van der Waals surface area contributed by atoms with Gasteiger partial charge in [0.25, 0.3) is 0 Å². The second kappa shape index (κ2) is 7.36. The summed E-state index contributed by atoms with van der Waals surface area (Å²) in [6.45, 7) is 0.830. The van der Waals surface area contributed by atoms with Gasteiger partial charge in [0.05, 0.1) is 23.9 Å². The molecule has 0 aliphatic heterocycles. The molecule has 1 fully saturated rings. The van der Waals surface area contributed by atoms with Crippen molar-refractivity contribution in [1.82, 2.24) is 0 Å². The number of carbonyl (C=O) groups excluding carboxylic acids is 1. The maximum Gasteiger partial charge on any atom is 0.150 e. The van der Waals surface area contributed by atoms with E-state index in [-0.39, 0.29) is 0 Å². The predicted octanol–water partition coefficient (Wildman–Crippen LogP) is 4.47. The fraction of sp³-hybridized carbons (Fsp3) is 0.421. The molecule has 0 atom stereocenters. The number of carbonyl (C=O) groups is 1. The lowest BCUT2D eigenvalue weighted by Crippen LogP contribution is -2.36. The number of hydrogen-bond acceptors (Lipinski definition) is 4. The Morgan fingerprint density at radius 3 is 2.74 bits per heavy atom. The summed E-state index contributed by atoms with van der Waals surface area (Å²) in [5.74, 6) is 0. The first-order chi connectivity index (χ1) is 11.3. The largest absolute Gasteiger partial charge is 0.472 e. The molecule has 0 bridgehead atoms. The predicted molar refractivity (Wildman–Crippen MR) is 93.1 cm³/mol. The molecule has 1 aromatic heterocycles. The lowest BCUT2D eigenvalue weighted by molar-refractivity contribution is 0.112. The van der Waals surface area contributed by atoms with Crippen LogP contribution in [0.1, 0.15) is 48.0 Å². The standard InChI is InChI=1S/C19H24N2O2/c1-20-18-11-15(13-22)7-8-19(18)21(12-16-9-10-23-14-16)17-5-3-2-4-6-17/h7-11,13-14,17,20H,2-6,12H2,1H3. The maximum atomic E-state index is 11.1. The molecular weight excluding hydrogens is 288 g/mol. The van der Waals surface area contributed by atoms with Crippen LogP contribution in [0.15, 0.2) is 41.2 Å². The average molecular weight is 312 g/mol. The lowest BCUT2D eigenvalue weighted by Gasteiger charge is -2.37. The molecular formula is C19H24N2O2. The van der Waals surface area contributed by atoms with Crippen molar-refractivity contribution in [3.63, 3.8) is 0 Å². The zero-order valence-electron chi connectivity index (χ0n) is 13.6. The van der Waals surface area contributed by atoms with Gasteiger partial charge >= 0.3 is 0 Å². The summed E-state index contributed by atoms with van der Waals surface area (Å²) in [6, 6.07) is 8.44. The first-order valence-electron chi connectivity index (χ1n) is 8.36. The summed E-state index contributed by atoms with van der Waals surface area (Å²) in [5.41, 5.74) is 4.04. The molecule has 0 unspecified atom stereocenters. The van der Waals surface area contributed by atoms with E-state index in [1.54, 1.807) is 6.26 Å². The highest BCUT2D eigenvalue weighted by molar-refractivity contribution is 5.82. The molecule has 1 aromatic carbocycles. The normalized spacial score (nSPS) is 15.3. The van der Waals surface area contributed by atoms with Crippen LogP contribution in [0.4, 0.5) is 11.4 Å². The van der Waals surface area contributed by atoms with Crippen LogP contribution in [0.3, 0.4) is 0 Å². The van der Waals surface area contributed by atoms with Crippen LogP contribution in [0.25, 0.3) is 0 Å². The number of nitrogens with one attached hydrogen (secondary N) is 1. The van der Waals surface area contributed by atoms with Crippen LogP contribution < -0.4 is 10.2 Å². The Balaban J connectivity index is 1.94. The fourth-order valence-electron chi connectivity index (χ4n) is 3.46. The van der Waals surface area contributed by atoms with E-state index in [0.29, 0.717) is 11.6 Å². The first kappa shape index (κ1) is 15.7. The number of nitrogens with zero attached hydrogens (tertiary/aromatic N) is 1. The van der Waals surface area contributed by atoms with Crippen molar-refractivity contribution in [2.75, 3.05) is 17.3 Å². The number of rotatable bonds is 6. The summed E-state index contributed by atoms with van der Waals surface area (Å²) < 4.78 is 5.24. The van der Waals surface area contributed by atoms with Crippen molar-refractivity contribution >= 4 is 17.7 Å². The summed E-state index contributed by atoms with van der Waals surface area (Å²) in [5, 5.41) is 3.25. The van der Waals surface area contributed by atoms with Gasteiger partial charge in [0.15, 0.2) is 0 Å². The highest BCUT2D eigenvalue weighted by Gasteiger charge is 2.23. The summed E-state index contributed by atoms with van der Waals surface area (Å²) in [6.07, 6.45) is 10.8. The maximum absolute atomic E-state index is 11.1. The third-order valence-corrected chi connectivity index (χ3v) is 4.68. The zero-order valence-corrected chi connectivity index (χ0v) is 13.6. The van der Waals surface area contributed by atoms with Crippen molar-refractivity contribution in [2.24, 2.45) is 0 Å². The molecule has 1 aliphatic rings. The van der Waals surface area contributed by atoms with Crippen LogP contribution in [-0.2, 0) is 6.54 Å². The fourth-order valence-corrected chi connectivity index (χ4v) is 3.46. The summed E-state index contributed by atoms with van der Waals surface area (Å²) >= 11 is 0. The van der Waals surface area contributed by atoms with Gasteiger partial charge in [-0.05, 0) is 37.1 Å². The Morgan fingerprint density at radius 2 is 2.09 bits per heavy atom. The van der Waals surface area contributed by atoms with Crippen LogP contribution >= 0.6 is 0 Å². The van der Waals surface area contributed by atoms with Gasteiger partial charge in [-0.3, -0.25) is 4.79 Å². The lowest BCUT2D eigenvalue weighted by atomic mass is 9.93. The van der Waals surface area contributed by atoms with Gasteiger partial charge in [0.2, 0.25) is 0 Å². The molecule has 3 rings (SSSR count). The summed E-state index contributed by atoms with van der Waals surface area (Å²) in [4.78, 5) is 13.5. The minimum Gasteiger partial charge on any atom is -0.472 e. The van der Waals surface area contributed by atoms with Gasteiger partial charge in [-0.1, -0.05) is 19.3 Å². The Hall–Kier alpha value is -2.23. The van der Waals surface area contributed by atoms with Gasteiger partial charge in [-0.15, -0.1) is 0 Å². The van der Waals surface area contributed by atoms with Crippen molar-refractivity contribution in [1.29, 1.82) is 0 Å². The molecule has 1 heterocycles. The molecule has 2 aromatic rings. The van der Waals surface area contributed by atoms with E-state index in [1.807, 2.05) is 31.5 Å². The van der Waals surface area contributed by atoms with E-state index in [2.05, 4.69) is 16.3 Å². The molecule has 122 valence electrons. The molecule has 0 radical (unpaired) electrons. The first-order valence-corrected chi connectivity index (χ1v) is 8.36. The van der Waals surface area contributed by atoms with E-state index >= 15 is 0 Å². The topological polar surface area (TPSA) is 45.5 Å². The highest BCUT2D eigenvalue weighted by Crippen LogP contribution is 2.34. The number of anilines is 2. The van der Waals surface area contributed by atoms with Gasteiger partial charge < -0.3 is 14.6 Å². The molecule has 0 amide bonds. The van der Waals surface area contributed by atoms with E-state index < -0.39 is 0 Å². The van der Waals surface area contributed by atoms with Crippen LogP contribution in [0.5, 0.6) is 0 Å². The Kier molecular flexibility index (Phi) is 5.01. The Labute approximate surface area is 137 Å². The minimum atomic E-state index is 0.535. The molecule has 1 aliphatic carbocycles. The van der Waals surface area contributed by atoms with Crippen LogP contribution in [0.2, 0.25) is 0 Å². The van der Waals surface area contributed by atoms with Gasteiger partial charge in [0.1, 0.15) is 6.29 Å². The molecule has 4 nitrogen and oxygen atoms in total. The SMILES string of the molecule is CNc1cc(C=O)ccc1N(Cc1ccoc1)C1CCCCC1. The van der Waals surface area contributed by atoms with Gasteiger partial charge in [-0.2, -0.15) is 0 Å². The Morgan fingerprint density at radius 1 is 1.26 bits per heavy atom. The number of hydrogen-bond donors (Lipinski definition) is 1. The van der Waals surface area contributed by atoms with Crippen molar-refractivity contribution in [3.8, 4) is 0 Å². The molecule has 4 heteroatoms. The zero-order chi connectivity index (χ0) is 16.1. The van der Waals surface area contributed by atoms with E-state index in [1.165, 1.54) is 37.7 Å². The average Bonchev–Trinajstić information content (AvgIpc) is 3.13. The van der Waals surface area contributed by atoms with Crippen molar-refractivity contribution < 1.29 is 9.21 Å². The molecule has 0 spiro atoms. The number of aldehydes is 1. The second-order valence-electron chi connectivity index (χ2n) is 6.20. The van der Waals surface area contributed by atoms with E-state index in [9.17, 15) is 4.79 Å². The number of benzene rings is 1. The smallest absolute Gasteiger partial charge is 0.150 e. The van der Waals surface area contributed by atoms with Crippen LogP contribution in [-0.4, -0.2) is 19.4 Å². The minimum absolute atomic E-state index is 0.535. The monoisotopic (exact) mass is 312 g/mol. The number of furan rings is 1. The molecule has 1 saturated carbocycles. The third kappa shape index (κ3) is 3.58. The van der Waals surface area contributed by atoms with E-state index in [0.717, 1.165) is 24.2 Å². The quantitative estimate of drug-likeness (QED) is 0.799. The summed E-state index contributed by atoms with van der Waals surface area (Å²) in [7, 11) is 1.91. The molecule has 23 heavy (non-hydrogen) atoms. The van der Waals surface area contributed by atoms with Gasteiger partial charge in [-0.25, -0.2) is 0 Å². The van der Waals surface area contributed by atoms with Crippen molar-refractivity contribution in [2.45, 2.75) is 44.7 Å². The Bertz CT molecular complexity index is 631. The molecule has 0 saturated heterocycles. The molecule has 1 N–H and O–H groups in total. The van der Waals surface area contributed by atoms with Gasteiger partial charge in [0, 0.05) is 30.8 Å². The van der Waals surface area contributed by atoms with Crippen LogP contribution in [0, 0.1) is 0 Å². The third-order valence-electron chi connectivity index (χ3n) is 4.68. The van der Waals surface area contributed by atoms with Crippen molar-refractivity contribution in [3.05, 3.63) is 47.9 Å². The van der Waals surface area contributed by atoms with E-state index in [4.69, 9.17) is 4.42 Å².